The quantitative estimate of drug-likeness (QED) is 0.849. The summed E-state index contributed by atoms with van der Waals surface area (Å²) in [6.45, 7) is -0.137. The summed E-state index contributed by atoms with van der Waals surface area (Å²) in [7, 11) is 1.54. The molecule has 1 aromatic rings. The number of carbonyl (C=O) groups is 1. The summed E-state index contributed by atoms with van der Waals surface area (Å²) in [6.07, 6.45) is 2.29. The molecule has 1 saturated carbocycles. The number of ether oxygens (including phenoxy) is 1. The fourth-order valence-corrected chi connectivity index (χ4v) is 2.06. The third kappa shape index (κ3) is 2.82. The van der Waals surface area contributed by atoms with Crippen LogP contribution in [0.5, 0.6) is 5.75 Å². The molecule has 4 nitrogen and oxygen atoms in total. The summed E-state index contributed by atoms with van der Waals surface area (Å²) in [5.74, 6) is 0.175. The summed E-state index contributed by atoms with van der Waals surface area (Å²) in [5.41, 5.74) is 1.75. The minimum absolute atomic E-state index is 0.137. The third-order valence-corrected chi connectivity index (χ3v) is 3.09. The number of carboxylic acids is 1. The maximum absolute atomic E-state index is 10.5. The number of nitrogens with one attached hydrogen (secondary N) is 1. The van der Waals surface area contributed by atoms with Crippen LogP contribution in [0, 0.1) is 0 Å². The molecule has 0 atom stereocenters. The van der Waals surface area contributed by atoms with Crippen molar-refractivity contribution in [2.75, 3.05) is 19.0 Å². The van der Waals surface area contributed by atoms with Gasteiger partial charge < -0.3 is 15.2 Å². The van der Waals surface area contributed by atoms with Crippen molar-refractivity contribution in [1.29, 1.82) is 0 Å². The van der Waals surface area contributed by atoms with Gasteiger partial charge in [0.1, 0.15) is 12.3 Å². The van der Waals surface area contributed by atoms with E-state index < -0.39 is 5.97 Å². The van der Waals surface area contributed by atoms with E-state index in [1.165, 1.54) is 7.11 Å². The van der Waals surface area contributed by atoms with Crippen LogP contribution in [0.3, 0.4) is 0 Å². The minimum Gasteiger partial charge on any atom is -0.495 e. The molecule has 0 spiro atoms. The number of benzene rings is 1. The fourth-order valence-electron chi connectivity index (χ4n) is 1.76. The molecule has 0 amide bonds. The van der Waals surface area contributed by atoms with Crippen LogP contribution >= 0.6 is 11.6 Å². The number of hydrogen-bond acceptors (Lipinski definition) is 3. The number of rotatable bonds is 5. The van der Waals surface area contributed by atoms with Gasteiger partial charge in [-0.25, -0.2) is 0 Å². The fraction of sp³-hybridized carbons (Fsp3) is 0.417. The Hall–Kier alpha value is -1.42. The molecule has 1 aliphatic carbocycles. The largest absolute Gasteiger partial charge is 0.495 e. The SMILES string of the molecule is COc1cc(Cl)c(C2CC2)cc1NCC(=O)O. The van der Waals surface area contributed by atoms with Crippen LogP contribution in [-0.2, 0) is 4.79 Å². The first-order valence-electron chi connectivity index (χ1n) is 5.45. The van der Waals surface area contributed by atoms with Crippen LogP contribution in [0.2, 0.25) is 5.02 Å². The number of hydrogen-bond donors (Lipinski definition) is 2. The van der Waals surface area contributed by atoms with Gasteiger partial charge in [-0.1, -0.05) is 11.6 Å². The van der Waals surface area contributed by atoms with Gasteiger partial charge in [-0.15, -0.1) is 0 Å². The number of anilines is 1. The van der Waals surface area contributed by atoms with Gasteiger partial charge in [-0.3, -0.25) is 4.79 Å². The highest BCUT2D eigenvalue weighted by Crippen LogP contribution is 2.46. The van der Waals surface area contributed by atoms with Crippen molar-refractivity contribution >= 4 is 23.3 Å². The third-order valence-electron chi connectivity index (χ3n) is 2.77. The van der Waals surface area contributed by atoms with Gasteiger partial charge in [0.2, 0.25) is 0 Å². The van der Waals surface area contributed by atoms with Crippen LogP contribution < -0.4 is 10.1 Å². The Morgan fingerprint density at radius 2 is 2.29 bits per heavy atom. The summed E-state index contributed by atoms with van der Waals surface area (Å²) in [5, 5.41) is 12.2. The maximum Gasteiger partial charge on any atom is 0.322 e. The molecule has 0 aliphatic heterocycles. The van der Waals surface area contributed by atoms with Crippen LogP contribution in [-0.4, -0.2) is 24.7 Å². The topological polar surface area (TPSA) is 58.6 Å². The van der Waals surface area contributed by atoms with E-state index in [4.69, 9.17) is 21.4 Å². The van der Waals surface area contributed by atoms with Crippen LogP contribution in [0.1, 0.15) is 24.3 Å². The van der Waals surface area contributed by atoms with Crippen molar-refractivity contribution in [1.82, 2.24) is 0 Å². The first-order valence-corrected chi connectivity index (χ1v) is 5.82. The predicted octanol–water partition coefficient (Wildman–Crippen LogP) is 2.72. The highest BCUT2D eigenvalue weighted by atomic mass is 35.5. The molecule has 17 heavy (non-hydrogen) atoms. The molecule has 2 rings (SSSR count). The Balaban J connectivity index is 2.26. The van der Waals surface area contributed by atoms with E-state index in [2.05, 4.69) is 5.32 Å². The lowest BCUT2D eigenvalue weighted by molar-refractivity contribution is -0.134. The van der Waals surface area contributed by atoms with E-state index >= 15 is 0 Å². The normalized spacial score (nSPS) is 14.5. The van der Waals surface area contributed by atoms with E-state index in [-0.39, 0.29) is 6.54 Å². The number of halogens is 1. The molecular weight excluding hydrogens is 242 g/mol. The second-order valence-corrected chi connectivity index (χ2v) is 4.50. The number of methoxy groups -OCH3 is 1. The van der Waals surface area contributed by atoms with Crippen LogP contribution in [0.15, 0.2) is 12.1 Å². The van der Waals surface area contributed by atoms with Gasteiger partial charge in [0, 0.05) is 11.1 Å². The highest BCUT2D eigenvalue weighted by molar-refractivity contribution is 6.31. The van der Waals surface area contributed by atoms with Crippen molar-refractivity contribution in [3.05, 3.63) is 22.7 Å². The lowest BCUT2D eigenvalue weighted by atomic mass is 10.1. The minimum atomic E-state index is -0.907. The van der Waals surface area contributed by atoms with Crippen molar-refractivity contribution in [2.45, 2.75) is 18.8 Å². The summed E-state index contributed by atoms with van der Waals surface area (Å²) < 4.78 is 5.17. The Bertz CT molecular complexity index is 444. The molecule has 0 bridgehead atoms. The average Bonchev–Trinajstić information content (AvgIpc) is 3.10. The van der Waals surface area contributed by atoms with E-state index in [0.717, 1.165) is 18.4 Å². The second kappa shape index (κ2) is 4.84. The van der Waals surface area contributed by atoms with Gasteiger partial charge in [-0.05, 0) is 30.4 Å². The zero-order valence-electron chi connectivity index (χ0n) is 9.50. The molecule has 0 radical (unpaired) electrons. The molecule has 0 saturated heterocycles. The monoisotopic (exact) mass is 255 g/mol. The van der Waals surface area contributed by atoms with Gasteiger partial charge in [0.15, 0.2) is 0 Å². The van der Waals surface area contributed by atoms with Gasteiger partial charge in [-0.2, -0.15) is 0 Å². The predicted molar refractivity (Wildman–Crippen MR) is 66.1 cm³/mol. The first-order chi connectivity index (χ1) is 8.11. The molecule has 1 aliphatic rings. The second-order valence-electron chi connectivity index (χ2n) is 4.10. The maximum atomic E-state index is 10.5. The Morgan fingerprint density at radius 1 is 1.59 bits per heavy atom. The van der Waals surface area contributed by atoms with Gasteiger partial charge in [0.25, 0.3) is 0 Å². The Morgan fingerprint density at radius 3 is 2.82 bits per heavy atom. The molecule has 5 heteroatoms. The lowest BCUT2D eigenvalue weighted by Crippen LogP contribution is -2.13. The molecule has 0 aromatic heterocycles. The summed E-state index contributed by atoms with van der Waals surface area (Å²) in [4.78, 5) is 10.5. The smallest absolute Gasteiger partial charge is 0.322 e. The number of carboxylic acid groups (broad SMARTS) is 1. The van der Waals surface area contributed by atoms with E-state index in [9.17, 15) is 4.79 Å². The summed E-state index contributed by atoms with van der Waals surface area (Å²) >= 11 is 6.15. The molecule has 1 fully saturated rings. The van der Waals surface area contributed by atoms with Crippen molar-refractivity contribution in [2.24, 2.45) is 0 Å². The van der Waals surface area contributed by atoms with Crippen LogP contribution in [0.4, 0.5) is 5.69 Å². The average molecular weight is 256 g/mol. The van der Waals surface area contributed by atoms with Gasteiger partial charge in [0.05, 0.1) is 12.8 Å². The molecule has 2 N–H and O–H groups in total. The van der Waals surface area contributed by atoms with Crippen LogP contribution in [0.25, 0.3) is 0 Å². The Labute approximate surface area is 105 Å². The highest BCUT2D eigenvalue weighted by Gasteiger charge is 2.27. The molecular formula is C12H14ClNO3. The van der Waals surface area contributed by atoms with Crippen molar-refractivity contribution < 1.29 is 14.6 Å². The van der Waals surface area contributed by atoms with E-state index in [1.807, 2.05) is 6.07 Å². The van der Waals surface area contributed by atoms with E-state index in [1.54, 1.807) is 6.07 Å². The summed E-state index contributed by atoms with van der Waals surface area (Å²) in [6, 6.07) is 3.63. The molecule has 92 valence electrons. The Kier molecular flexibility index (Phi) is 3.43. The number of aliphatic carboxylic acids is 1. The molecule has 0 heterocycles. The lowest BCUT2D eigenvalue weighted by Gasteiger charge is -2.13. The molecule has 0 unspecified atom stereocenters. The van der Waals surface area contributed by atoms with E-state index in [0.29, 0.717) is 22.4 Å². The standard InChI is InChI=1S/C12H14ClNO3/c1-17-11-5-9(13)8(7-2-3-7)4-10(11)14-6-12(15)16/h4-5,7,14H,2-3,6H2,1H3,(H,15,16). The van der Waals surface area contributed by atoms with Crippen molar-refractivity contribution in [3.63, 3.8) is 0 Å². The van der Waals surface area contributed by atoms with Crippen molar-refractivity contribution in [3.8, 4) is 5.75 Å². The molecule has 1 aromatic carbocycles. The zero-order valence-corrected chi connectivity index (χ0v) is 10.3. The zero-order chi connectivity index (χ0) is 12.4. The first kappa shape index (κ1) is 12.0. The van der Waals surface area contributed by atoms with Gasteiger partial charge >= 0.3 is 5.97 Å².